The molecule has 0 radical (unpaired) electrons. The fraction of sp³-hybridized carbons (Fsp3) is 0.800. The van der Waals surface area contributed by atoms with Gasteiger partial charge in [0.2, 0.25) is 0 Å². The van der Waals surface area contributed by atoms with Crippen LogP contribution in [0, 0.1) is 12.3 Å². The fourth-order valence-electron chi connectivity index (χ4n) is 1.11. The second-order valence-electron chi connectivity index (χ2n) is 2.92. The summed E-state index contributed by atoms with van der Waals surface area (Å²) in [5, 5.41) is 3.16. The average molecular weight is 205 g/mol. The predicted octanol–water partition coefficient (Wildman–Crippen LogP) is 1.66. The summed E-state index contributed by atoms with van der Waals surface area (Å²) in [6.07, 6.45) is 4.05. The fourth-order valence-corrected chi connectivity index (χ4v) is 1.11. The van der Waals surface area contributed by atoms with Gasteiger partial charge in [0, 0.05) is 19.1 Å². The van der Waals surface area contributed by atoms with Crippen LogP contribution in [0.2, 0.25) is 0 Å². The maximum absolute atomic E-state index is 11.7. The topological polar surface area (TPSA) is 21.3 Å². The molecule has 0 aromatic heterocycles. The van der Waals surface area contributed by atoms with Crippen molar-refractivity contribution >= 4 is 0 Å². The molecule has 4 heteroatoms. The molecule has 0 spiro atoms. The van der Waals surface area contributed by atoms with Gasteiger partial charge in [-0.3, -0.25) is 0 Å². The Kier molecular flexibility index (Phi) is 8.50. The molecule has 2 nitrogen and oxygen atoms in total. The predicted molar refractivity (Wildman–Crippen MR) is 52.4 cm³/mol. The first kappa shape index (κ1) is 13.3. The van der Waals surface area contributed by atoms with Crippen LogP contribution in [0.1, 0.15) is 19.8 Å². The highest BCUT2D eigenvalue weighted by Gasteiger charge is 2.06. The van der Waals surface area contributed by atoms with Gasteiger partial charge in [0.25, 0.3) is 6.43 Å². The van der Waals surface area contributed by atoms with Crippen LogP contribution in [-0.4, -0.2) is 32.2 Å². The zero-order chi connectivity index (χ0) is 10.8. The van der Waals surface area contributed by atoms with Crippen LogP contribution < -0.4 is 5.32 Å². The van der Waals surface area contributed by atoms with Gasteiger partial charge in [0.05, 0.1) is 0 Å². The Labute approximate surface area is 84.0 Å². The Balaban J connectivity index is 3.46. The van der Waals surface area contributed by atoms with E-state index >= 15 is 0 Å². The molecule has 0 aliphatic carbocycles. The normalized spacial score (nSPS) is 12.8. The van der Waals surface area contributed by atoms with E-state index in [2.05, 4.69) is 11.2 Å². The van der Waals surface area contributed by atoms with Crippen LogP contribution >= 0.6 is 0 Å². The molecule has 0 aliphatic heterocycles. The minimum absolute atomic E-state index is 0.169. The van der Waals surface area contributed by atoms with Crippen LogP contribution in [0.25, 0.3) is 0 Å². The number of hydrogen-bond acceptors (Lipinski definition) is 2. The second kappa shape index (κ2) is 8.92. The minimum Gasteiger partial charge on any atom is -0.375 e. The molecule has 14 heavy (non-hydrogen) atoms. The summed E-state index contributed by atoms with van der Waals surface area (Å²) in [5.41, 5.74) is 0. The first-order chi connectivity index (χ1) is 6.70. The number of ether oxygens (including phenoxy) is 1. The Morgan fingerprint density at radius 2 is 2.21 bits per heavy atom. The number of terminal acetylenes is 1. The van der Waals surface area contributed by atoms with Crippen molar-refractivity contribution in [1.29, 1.82) is 0 Å². The third-order valence-electron chi connectivity index (χ3n) is 1.71. The van der Waals surface area contributed by atoms with Crippen molar-refractivity contribution in [2.24, 2.45) is 0 Å². The van der Waals surface area contributed by atoms with Crippen LogP contribution in [-0.2, 0) is 4.74 Å². The number of alkyl halides is 2. The average Bonchev–Trinajstić information content (AvgIpc) is 2.12. The summed E-state index contributed by atoms with van der Waals surface area (Å²) in [5.74, 6) is 2.54. The molecule has 1 atom stereocenters. The van der Waals surface area contributed by atoms with Gasteiger partial charge in [-0.25, -0.2) is 8.78 Å². The molecule has 0 saturated carbocycles. The van der Waals surface area contributed by atoms with Crippen LogP contribution in [0.4, 0.5) is 8.78 Å². The first-order valence-corrected chi connectivity index (χ1v) is 4.73. The standard InChI is InChI=1S/C10H17F2NO/c1-3-5-9(13-4-2)6-7-14-8-10(11)12/h1,9-10,13H,4-8H2,2H3. The number of halogens is 2. The van der Waals surface area contributed by atoms with Crippen molar-refractivity contribution in [2.45, 2.75) is 32.2 Å². The highest BCUT2D eigenvalue weighted by Crippen LogP contribution is 1.99. The Morgan fingerprint density at radius 1 is 1.50 bits per heavy atom. The van der Waals surface area contributed by atoms with Crippen molar-refractivity contribution < 1.29 is 13.5 Å². The molecule has 82 valence electrons. The molecule has 0 amide bonds. The van der Waals surface area contributed by atoms with Crippen molar-refractivity contribution in [2.75, 3.05) is 19.8 Å². The summed E-state index contributed by atoms with van der Waals surface area (Å²) in [6.45, 7) is 2.63. The van der Waals surface area contributed by atoms with E-state index in [4.69, 9.17) is 11.2 Å². The summed E-state index contributed by atoms with van der Waals surface area (Å²) in [6, 6.07) is 0.169. The Bertz CT molecular complexity index is 168. The van der Waals surface area contributed by atoms with Gasteiger partial charge in [-0.05, 0) is 13.0 Å². The zero-order valence-electron chi connectivity index (χ0n) is 8.43. The lowest BCUT2D eigenvalue weighted by Crippen LogP contribution is -2.29. The molecule has 0 saturated heterocycles. The first-order valence-electron chi connectivity index (χ1n) is 4.73. The Morgan fingerprint density at radius 3 is 2.71 bits per heavy atom. The van der Waals surface area contributed by atoms with Gasteiger partial charge in [0.15, 0.2) is 0 Å². The quantitative estimate of drug-likeness (QED) is 0.480. The largest absolute Gasteiger partial charge is 0.375 e. The molecule has 0 aromatic rings. The molecule has 0 rings (SSSR count). The van der Waals surface area contributed by atoms with Gasteiger partial charge >= 0.3 is 0 Å². The molecule has 0 bridgehead atoms. The zero-order valence-corrected chi connectivity index (χ0v) is 8.43. The van der Waals surface area contributed by atoms with Gasteiger partial charge in [-0.2, -0.15) is 0 Å². The molecular weight excluding hydrogens is 188 g/mol. The van der Waals surface area contributed by atoms with E-state index in [-0.39, 0.29) is 6.04 Å². The van der Waals surface area contributed by atoms with Crippen molar-refractivity contribution in [1.82, 2.24) is 5.32 Å². The van der Waals surface area contributed by atoms with Crippen LogP contribution in [0.5, 0.6) is 0 Å². The molecule has 0 aromatic carbocycles. The maximum atomic E-state index is 11.7. The summed E-state index contributed by atoms with van der Waals surface area (Å²) < 4.78 is 28.1. The maximum Gasteiger partial charge on any atom is 0.261 e. The molecule has 0 heterocycles. The van der Waals surface area contributed by atoms with E-state index in [0.717, 1.165) is 6.54 Å². The Hall–Kier alpha value is -0.660. The van der Waals surface area contributed by atoms with Crippen molar-refractivity contribution in [3.63, 3.8) is 0 Å². The van der Waals surface area contributed by atoms with E-state index in [1.807, 2.05) is 6.92 Å². The van der Waals surface area contributed by atoms with E-state index in [1.165, 1.54) is 0 Å². The number of nitrogens with one attached hydrogen (secondary N) is 1. The van der Waals surface area contributed by atoms with E-state index in [1.54, 1.807) is 0 Å². The number of rotatable bonds is 8. The third kappa shape index (κ3) is 7.96. The highest BCUT2D eigenvalue weighted by atomic mass is 19.3. The van der Waals surface area contributed by atoms with Crippen LogP contribution in [0.3, 0.4) is 0 Å². The van der Waals surface area contributed by atoms with Crippen molar-refractivity contribution in [3.05, 3.63) is 0 Å². The van der Waals surface area contributed by atoms with Gasteiger partial charge in [-0.1, -0.05) is 6.92 Å². The minimum atomic E-state index is -2.39. The van der Waals surface area contributed by atoms with Gasteiger partial charge < -0.3 is 10.1 Å². The lowest BCUT2D eigenvalue weighted by atomic mass is 10.1. The lowest BCUT2D eigenvalue weighted by molar-refractivity contribution is 0.0146. The summed E-state index contributed by atoms with van der Waals surface area (Å²) >= 11 is 0. The molecule has 0 aliphatic rings. The molecule has 1 N–H and O–H groups in total. The van der Waals surface area contributed by atoms with Crippen molar-refractivity contribution in [3.8, 4) is 12.3 Å². The van der Waals surface area contributed by atoms with Crippen LogP contribution in [0.15, 0.2) is 0 Å². The highest BCUT2D eigenvalue weighted by molar-refractivity contribution is 4.89. The van der Waals surface area contributed by atoms with Gasteiger partial charge in [-0.15, -0.1) is 12.3 Å². The second-order valence-corrected chi connectivity index (χ2v) is 2.92. The summed E-state index contributed by atoms with van der Waals surface area (Å²) in [7, 11) is 0. The lowest BCUT2D eigenvalue weighted by Gasteiger charge is -2.14. The van der Waals surface area contributed by atoms with Gasteiger partial charge in [0.1, 0.15) is 6.61 Å². The van der Waals surface area contributed by atoms with E-state index in [0.29, 0.717) is 19.4 Å². The SMILES string of the molecule is C#CCC(CCOCC(F)F)NCC. The number of hydrogen-bond donors (Lipinski definition) is 1. The van der Waals surface area contributed by atoms with E-state index in [9.17, 15) is 8.78 Å². The molecule has 1 unspecified atom stereocenters. The smallest absolute Gasteiger partial charge is 0.261 e. The van der Waals surface area contributed by atoms with E-state index < -0.39 is 13.0 Å². The molecular formula is C10H17F2NO. The monoisotopic (exact) mass is 205 g/mol. The summed E-state index contributed by atoms with van der Waals surface area (Å²) in [4.78, 5) is 0. The molecule has 0 fully saturated rings. The third-order valence-corrected chi connectivity index (χ3v) is 1.71.